The van der Waals surface area contributed by atoms with E-state index < -0.39 is 9.84 Å². The van der Waals surface area contributed by atoms with Gasteiger partial charge in [-0.2, -0.15) is 5.10 Å². The van der Waals surface area contributed by atoms with Crippen LogP contribution in [0.15, 0.2) is 45.7 Å². The van der Waals surface area contributed by atoms with Crippen molar-refractivity contribution in [2.45, 2.75) is 24.5 Å². The minimum atomic E-state index is -3.46. The normalized spacial score (nSPS) is 11.7. The van der Waals surface area contributed by atoms with Crippen LogP contribution in [0.25, 0.3) is 11.6 Å². The van der Waals surface area contributed by atoms with Gasteiger partial charge in [-0.15, -0.1) is 0 Å². The molecule has 2 heterocycles. The molecule has 114 valence electrons. The van der Waals surface area contributed by atoms with E-state index in [0.29, 0.717) is 11.6 Å². The lowest BCUT2D eigenvalue weighted by molar-refractivity contribution is 0.541. The fourth-order valence-corrected chi connectivity index (χ4v) is 3.25. The maximum absolute atomic E-state index is 12.3. The average Bonchev–Trinajstić information content (AvgIpc) is 3.07. The molecule has 2 aromatic heterocycles. The molecule has 22 heavy (non-hydrogen) atoms. The van der Waals surface area contributed by atoms with E-state index >= 15 is 0 Å². The summed E-state index contributed by atoms with van der Waals surface area (Å²) in [6, 6.07) is 10.1. The van der Waals surface area contributed by atoms with E-state index in [-0.39, 0.29) is 16.5 Å². The van der Waals surface area contributed by atoms with E-state index in [1.54, 1.807) is 30.3 Å². The number of H-pyrrole nitrogens is 1. The predicted molar refractivity (Wildman–Crippen MR) is 80.9 cm³/mol. The first-order valence-corrected chi connectivity index (χ1v) is 8.37. The Morgan fingerprint density at radius 1 is 1.18 bits per heavy atom. The van der Waals surface area contributed by atoms with Gasteiger partial charge in [0.05, 0.1) is 4.90 Å². The molecule has 1 N–H and O–H groups in total. The maximum Gasteiger partial charge on any atom is 0.191 e. The highest BCUT2D eigenvalue weighted by atomic mass is 32.2. The second-order valence-electron chi connectivity index (χ2n) is 5.02. The van der Waals surface area contributed by atoms with Gasteiger partial charge >= 0.3 is 0 Å². The van der Waals surface area contributed by atoms with E-state index in [2.05, 4.69) is 15.2 Å². The van der Waals surface area contributed by atoms with Crippen molar-refractivity contribution < 1.29 is 12.8 Å². The third-order valence-electron chi connectivity index (χ3n) is 3.35. The number of aromatic nitrogens is 3. The summed E-state index contributed by atoms with van der Waals surface area (Å²) in [5.74, 6) is 1.72. The van der Waals surface area contributed by atoms with Crippen molar-refractivity contribution >= 4 is 9.84 Å². The second kappa shape index (κ2) is 5.42. The predicted octanol–water partition coefficient (Wildman–Crippen LogP) is 2.66. The second-order valence-corrected chi connectivity index (χ2v) is 7.01. The van der Waals surface area contributed by atoms with Gasteiger partial charge in [0.1, 0.15) is 11.5 Å². The number of nitrogens with zero attached hydrogens (tertiary/aromatic N) is 2. The van der Waals surface area contributed by atoms with Crippen molar-refractivity contribution in [3.8, 4) is 11.6 Å². The molecule has 0 saturated heterocycles. The van der Waals surface area contributed by atoms with Crippen molar-refractivity contribution in [2.24, 2.45) is 0 Å². The largest absolute Gasteiger partial charge is 0.458 e. The molecular formula is C15H15N3O3S. The van der Waals surface area contributed by atoms with Crippen molar-refractivity contribution in [3.05, 3.63) is 53.5 Å². The molecule has 0 spiro atoms. The van der Waals surface area contributed by atoms with Gasteiger partial charge in [-0.05, 0) is 37.6 Å². The average molecular weight is 317 g/mol. The molecule has 0 radical (unpaired) electrons. The minimum absolute atomic E-state index is 0.213. The lowest BCUT2D eigenvalue weighted by Gasteiger charge is -2.00. The molecule has 1 aromatic carbocycles. The van der Waals surface area contributed by atoms with Gasteiger partial charge in [0, 0.05) is 0 Å². The molecule has 3 rings (SSSR count). The Hall–Kier alpha value is -2.41. The molecule has 0 aliphatic carbocycles. The van der Waals surface area contributed by atoms with Crippen LogP contribution in [0.3, 0.4) is 0 Å². The Labute approximate surface area is 128 Å². The van der Waals surface area contributed by atoms with Gasteiger partial charge < -0.3 is 4.42 Å². The molecule has 7 heteroatoms. The van der Waals surface area contributed by atoms with Crippen molar-refractivity contribution in [1.29, 1.82) is 0 Å². The zero-order valence-corrected chi connectivity index (χ0v) is 13.0. The number of rotatable bonds is 4. The summed E-state index contributed by atoms with van der Waals surface area (Å²) in [7, 11) is -3.46. The lowest BCUT2D eigenvalue weighted by Crippen LogP contribution is -2.06. The van der Waals surface area contributed by atoms with E-state index in [9.17, 15) is 8.42 Å². The third-order valence-corrected chi connectivity index (χ3v) is 4.98. The van der Waals surface area contributed by atoms with Crippen LogP contribution >= 0.6 is 0 Å². The summed E-state index contributed by atoms with van der Waals surface area (Å²) in [5.41, 5.74) is 1.00. The number of aromatic amines is 1. The van der Waals surface area contributed by atoms with E-state index in [1.807, 2.05) is 19.9 Å². The van der Waals surface area contributed by atoms with Crippen LogP contribution in [0, 0.1) is 13.8 Å². The van der Waals surface area contributed by atoms with Gasteiger partial charge in [0.25, 0.3) is 0 Å². The number of hydrogen-bond acceptors (Lipinski definition) is 5. The van der Waals surface area contributed by atoms with Crippen LogP contribution in [0.5, 0.6) is 0 Å². The highest BCUT2D eigenvalue weighted by molar-refractivity contribution is 7.90. The van der Waals surface area contributed by atoms with Gasteiger partial charge in [-0.1, -0.05) is 18.2 Å². The Kier molecular flexibility index (Phi) is 3.58. The Morgan fingerprint density at radius 2 is 1.91 bits per heavy atom. The van der Waals surface area contributed by atoms with Crippen LogP contribution in [0.2, 0.25) is 0 Å². The van der Waals surface area contributed by atoms with Crippen LogP contribution in [0.4, 0.5) is 0 Å². The highest BCUT2D eigenvalue weighted by Gasteiger charge is 2.19. The Bertz CT molecular complexity index is 876. The number of sulfone groups is 1. The SMILES string of the molecule is Cc1cc(-c2nc(CS(=O)(=O)c3ccccc3)n[nH]2)oc1C. The van der Waals surface area contributed by atoms with Crippen LogP contribution in [-0.2, 0) is 15.6 Å². The number of benzene rings is 1. The van der Waals surface area contributed by atoms with E-state index in [4.69, 9.17) is 4.42 Å². The lowest BCUT2D eigenvalue weighted by atomic mass is 10.3. The van der Waals surface area contributed by atoms with Crippen molar-refractivity contribution in [3.63, 3.8) is 0 Å². The first-order valence-electron chi connectivity index (χ1n) is 6.72. The molecule has 0 fully saturated rings. The molecule has 6 nitrogen and oxygen atoms in total. The molecule has 0 aliphatic rings. The third kappa shape index (κ3) is 2.80. The summed E-state index contributed by atoms with van der Waals surface area (Å²) in [6.45, 7) is 3.79. The van der Waals surface area contributed by atoms with Crippen LogP contribution < -0.4 is 0 Å². The molecule has 0 unspecified atom stereocenters. The number of aryl methyl sites for hydroxylation is 2. The smallest absolute Gasteiger partial charge is 0.191 e. The molecular weight excluding hydrogens is 302 g/mol. The minimum Gasteiger partial charge on any atom is -0.458 e. The van der Waals surface area contributed by atoms with Crippen LogP contribution in [0.1, 0.15) is 17.1 Å². The summed E-state index contributed by atoms with van der Waals surface area (Å²) in [4.78, 5) is 4.46. The van der Waals surface area contributed by atoms with Gasteiger partial charge in [-0.25, -0.2) is 13.4 Å². The number of furan rings is 1. The summed E-state index contributed by atoms with van der Waals surface area (Å²) in [5, 5.41) is 6.68. The molecule has 0 atom stereocenters. The molecule has 0 saturated carbocycles. The van der Waals surface area contributed by atoms with E-state index in [1.165, 1.54) is 0 Å². The Balaban J connectivity index is 1.86. The highest BCUT2D eigenvalue weighted by Crippen LogP contribution is 2.22. The fourth-order valence-electron chi connectivity index (χ4n) is 2.04. The number of hydrogen-bond donors (Lipinski definition) is 1. The van der Waals surface area contributed by atoms with Crippen molar-refractivity contribution in [1.82, 2.24) is 15.2 Å². The quantitative estimate of drug-likeness (QED) is 0.799. The zero-order valence-electron chi connectivity index (χ0n) is 12.2. The van der Waals surface area contributed by atoms with Gasteiger partial charge in [0.2, 0.25) is 0 Å². The van der Waals surface area contributed by atoms with Gasteiger partial charge in [0.15, 0.2) is 27.2 Å². The Morgan fingerprint density at radius 3 is 2.55 bits per heavy atom. The number of nitrogens with one attached hydrogen (secondary N) is 1. The molecule has 0 bridgehead atoms. The van der Waals surface area contributed by atoms with E-state index in [0.717, 1.165) is 11.3 Å². The maximum atomic E-state index is 12.3. The standard InChI is InChI=1S/C15H15N3O3S/c1-10-8-13(21-11(10)2)15-16-14(17-18-15)9-22(19,20)12-6-4-3-5-7-12/h3-8H,9H2,1-2H3,(H,16,17,18). The fraction of sp³-hybridized carbons (Fsp3) is 0.200. The first kappa shape index (κ1) is 14.5. The summed E-state index contributed by atoms with van der Waals surface area (Å²) in [6.07, 6.45) is 0. The van der Waals surface area contributed by atoms with Gasteiger partial charge in [-0.3, -0.25) is 5.10 Å². The molecule has 3 aromatic rings. The molecule has 0 aliphatic heterocycles. The van der Waals surface area contributed by atoms with Crippen molar-refractivity contribution in [2.75, 3.05) is 0 Å². The zero-order chi connectivity index (χ0) is 15.7. The summed E-state index contributed by atoms with van der Waals surface area (Å²) < 4.78 is 30.1. The monoisotopic (exact) mass is 317 g/mol. The molecule has 0 amide bonds. The summed E-state index contributed by atoms with van der Waals surface area (Å²) >= 11 is 0. The van der Waals surface area contributed by atoms with Crippen LogP contribution in [-0.4, -0.2) is 23.6 Å². The topological polar surface area (TPSA) is 88.9 Å². The first-order chi connectivity index (χ1) is 10.5.